The summed E-state index contributed by atoms with van der Waals surface area (Å²) in [5, 5.41) is 1.39. The largest absolute Gasteiger partial charge is 0.330 e. The zero-order chi connectivity index (χ0) is 16.2. The van der Waals surface area contributed by atoms with Crippen molar-refractivity contribution in [3.8, 4) is 22.4 Å². The Morgan fingerprint density at radius 3 is 1.96 bits per heavy atom. The summed E-state index contributed by atoms with van der Waals surface area (Å²) in [6.07, 6.45) is 2.48. The average Bonchev–Trinajstić information content (AvgIpc) is 2.57. The van der Waals surface area contributed by atoms with Crippen molar-refractivity contribution in [1.82, 2.24) is 9.97 Å². The first-order chi connectivity index (χ1) is 11.2. The maximum atomic E-state index is 5.99. The highest BCUT2D eigenvalue weighted by atomic mass is 35.5. The van der Waals surface area contributed by atoms with Crippen molar-refractivity contribution in [1.29, 1.82) is 0 Å². The van der Waals surface area contributed by atoms with Gasteiger partial charge in [-0.25, -0.2) is 9.97 Å². The fourth-order valence-corrected chi connectivity index (χ4v) is 2.59. The van der Waals surface area contributed by atoms with Gasteiger partial charge in [0, 0.05) is 33.8 Å². The van der Waals surface area contributed by atoms with Gasteiger partial charge >= 0.3 is 0 Å². The third-order valence-electron chi connectivity index (χ3n) is 3.48. The van der Waals surface area contributed by atoms with E-state index in [1.807, 2.05) is 54.7 Å². The Labute approximate surface area is 145 Å². The molecule has 0 radical (unpaired) electrons. The molecular weight excluding hydrogens is 329 g/mol. The van der Waals surface area contributed by atoms with E-state index < -0.39 is 0 Å². The fourth-order valence-electron chi connectivity index (χ4n) is 2.34. The van der Waals surface area contributed by atoms with Crippen LogP contribution in [0, 0.1) is 0 Å². The highest BCUT2D eigenvalue weighted by molar-refractivity contribution is 6.31. The van der Waals surface area contributed by atoms with Gasteiger partial charge in [-0.05, 0) is 36.4 Å². The SMILES string of the molecule is NCCc1ncc(-c2ccc(Cl)cc2)c(-c2ccc(Cl)cc2)n1. The lowest BCUT2D eigenvalue weighted by Gasteiger charge is -2.11. The molecule has 0 fully saturated rings. The molecule has 3 nitrogen and oxygen atoms in total. The minimum Gasteiger partial charge on any atom is -0.330 e. The Bertz CT molecular complexity index is 800. The number of hydrogen-bond acceptors (Lipinski definition) is 3. The van der Waals surface area contributed by atoms with Crippen LogP contribution in [0.5, 0.6) is 0 Å². The molecule has 0 aliphatic rings. The molecular formula is C18H15Cl2N3. The van der Waals surface area contributed by atoms with Crippen molar-refractivity contribution >= 4 is 23.2 Å². The van der Waals surface area contributed by atoms with Crippen LogP contribution in [0.1, 0.15) is 5.82 Å². The molecule has 0 saturated heterocycles. The van der Waals surface area contributed by atoms with E-state index in [2.05, 4.69) is 4.98 Å². The number of benzene rings is 2. The van der Waals surface area contributed by atoms with E-state index in [0.29, 0.717) is 23.0 Å². The Balaban J connectivity index is 2.14. The van der Waals surface area contributed by atoms with Gasteiger partial charge in [-0.3, -0.25) is 0 Å². The summed E-state index contributed by atoms with van der Waals surface area (Å²) in [5.74, 6) is 0.732. The lowest BCUT2D eigenvalue weighted by molar-refractivity contribution is 0.870. The van der Waals surface area contributed by atoms with E-state index in [1.54, 1.807) is 0 Å². The smallest absolute Gasteiger partial charge is 0.130 e. The van der Waals surface area contributed by atoms with Gasteiger partial charge in [0.05, 0.1) is 5.69 Å². The molecule has 0 atom stereocenters. The molecule has 0 saturated carbocycles. The van der Waals surface area contributed by atoms with Crippen LogP contribution in [0.2, 0.25) is 10.0 Å². The molecule has 0 unspecified atom stereocenters. The number of nitrogens with zero attached hydrogens (tertiary/aromatic N) is 2. The first kappa shape index (κ1) is 15.9. The average molecular weight is 344 g/mol. The summed E-state index contributed by atoms with van der Waals surface area (Å²) in [6, 6.07) is 15.3. The van der Waals surface area contributed by atoms with Crippen LogP contribution >= 0.6 is 23.2 Å². The van der Waals surface area contributed by atoms with E-state index in [4.69, 9.17) is 33.9 Å². The van der Waals surface area contributed by atoms with Gasteiger partial charge in [0.25, 0.3) is 0 Å². The topological polar surface area (TPSA) is 51.8 Å². The van der Waals surface area contributed by atoms with E-state index in [9.17, 15) is 0 Å². The molecule has 2 N–H and O–H groups in total. The van der Waals surface area contributed by atoms with Gasteiger partial charge in [0.15, 0.2) is 0 Å². The second-order valence-electron chi connectivity index (χ2n) is 5.10. The predicted molar refractivity (Wildman–Crippen MR) is 95.7 cm³/mol. The van der Waals surface area contributed by atoms with Crippen molar-refractivity contribution in [3.05, 3.63) is 70.6 Å². The van der Waals surface area contributed by atoms with Crippen LogP contribution in [0.3, 0.4) is 0 Å². The molecule has 3 rings (SSSR count). The Hall–Kier alpha value is -1.94. The van der Waals surface area contributed by atoms with Crippen molar-refractivity contribution in [2.75, 3.05) is 6.54 Å². The third kappa shape index (κ3) is 3.70. The molecule has 0 amide bonds. The van der Waals surface area contributed by atoms with Gasteiger partial charge in [-0.15, -0.1) is 0 Å². The predicted octanol–water partition coefficient (Wildman–Crippen LogP) is 4.62. The molecule has 2 aromatic carbocycles. The molecule has 1 heterocycles. The van der Waals surface area contributed by atoms with Crippen molar-refractivity contribution in [2.24, 2.45) is 5.73 Å². The highest BCUT2D eigenvalue weighted by Gasteiger charge is 2.11. The zero-order valence-electron chi connectivity index (χ0n) is 12.3. The van der Waals surface area contributed by atoms with Crippen LogP contribution < -0.4 is 5.73 Å². The number of rotatable bonds is 4. The standard InChI is InChI=1S/C18H15Cl2N3/c19-14-5-1-12(2-6-14)16-11-22-17(9-10-21)23-18(16)13-3-7-15(20)8-4-13/h1-8,11H,9-10,21H2. The van der Waals surface area contributed by atoms with E-state index in [-0.39, 0.29) is 0 Å². The minimum atomic E-state index is 0.514. The van der Waals surface area contributed by atoms with Crippen LogP contribution in [-0.4, -0.2) is 16.5 Å². The third-order valence-corrected chi connectivity index (χ3v) is 3.98. The number of halogens is 2. The zero-order valence-corrected chi connectivity index (χ0v) is 13.8. The van der Waals surface area contributed by atoms with Crippen molar-refractivity contribution in [2.45, 2.75) is 6.42 Å². The summed E-state index contributed by atoms with van der Waals surface area (Å²) in [6.45, 7) is 0.514. The monoisotopic (exact) mass is 343 g/mol. The minimum absolute atomic E-state index is 0.514. The first-order valence-corrected chi connectivity index (χ1v) is 8.01. The highest BCUT2D eigenvalue weighted by Crippen LogP contribution is 2.31. The van der Waals surface area contributed by atoms with Crippen LogP contribution in [0.15, 0.2) is 54.7 Å². The lowest BCUT2D eigenvalue weighted by atomic mass is 10.0. The summed E-state index contributed by atoms with van der Waals surface area (Å²) >= 11 is 12.0. The van der Waals surface area contributed by atoms with Gasteiger partial charge < -0.3 is 5.73 Å². The number of aromatic nitrogens is 2. The normalized spacial score (nSPS) is 10.7. The summed E-state index contributed by atoms with van der Waals surface area (Å²) in [7, 11) is 0. The summed E-state index contributed by atoms with van der Waals surface area (Å²) < 4.78 is 0. The van der Waals surface area contributed by atoms with Crippen LogP contribution in [0.4, 0.5) is 0 Å². The molecule has 0 bridgehead atoms. The van der Waals surface area contributed by atoms with Crippen LogP contribution in [-0.2, 0) is 6.42 Å². The molecule has 23 heavy (non-hydrogen) atoms. The second kappa shape index (κ2) is 7.09. The fraction of sp³-hybridized carbons (Fsp3) is 0.111. The molecule has 0 aliphatic heterocycles. The summed E-state index contributed by atoms with van der Waals surface area (Å²) in [4.78, 5) is 9.11. The van der Waals surface area contributed by atoms with Crippen LogP contribution in [0.25, 0.3) is 22.4 Å². The Morgan fingerprint density at radius 2 is 1.39 bits per heavy atom. The molecule has 116 valence electrons. The van der Waals surface area contributed by atoms with Crippen molar-refractivity contribution < 1.29 is 0 Å². The number of nitrogens with two attached hydrogens (primary N) is 1. The van der Waals surface area contributed by atoms with E-state index >= 15 is 0 Å². The quantitative estimate of drug-likeness (QED) is 0.751. The molecule has 1 aromatic heterocycles. The van der Waals surface area contributed by atoms with Gasteiger partial charge in [0.2, 0.25) is 0 Å². The van der Waals surface area contributed by atoms with Gasteiger partial charge in [-0.2, -0.15) is 0 Å². The molecule has 0 spiro atoms. The van der Waals surface area contributed by atoms with E-state index in [1.165, 1.54) is 0 Å². The summed E-state index contributed by atoms with van der Waals surface area (Å²) in [5.41, 5.74) is 9.43. The second-order valence-corrected chi connectivity index (χ2v) is 5.97. The Morgan fingerprint density at radius 1 is 0.826 bits per heavy atom. The van der Waals surface area contributed by atoms with Gasteiger partial charge in [0.1, 0.15) is 5.82 Å². The Kier molecular flexibility index (Phi) is 4.91. The van der Waals surface area contributed by atoms with Crippen molar-refractivity contribution in [3.63, 3.8) is 0 Å². The maximum absolute atomic E-state index is 5.99. The molecule has 5 heteroatoms. The molecule has 0 aliphatic carbocycles. The maximum Gasteiger partial charge on any atom is 0.130 e. The van der Waals surface area contributed by atoms with Gasteiger partial charge in [-0.1, -0.05) is 47.5 Å². The lowest BCUT2D eigenvalue weighted by Crippen LogP contribution is -2.07. The first-order valence-electron chi connectivity index (χ1n) is 7.25. The number of hydrogen-bond donors (Lipinski definition) is 1. The van der Waals surface area contributed by atoms with E-state index in [0.717, 1.165) is 28.2 Å². The molecule has 3 aromatic rings.